The van der Waals surface area contributed by atoms with Crippen molar-refractivity contribution in [1.82, 2.24) is 15.5 Å². The highest BCUT2D eigenvalue weighted by molar-refractivity contribution is 5.94. The van der Waals surface area contributed by atoms with Crippen molar-refractivity contribution in [2.75, 3.05) is 11.9 Å². The molecule has 0 aromatic carbocycles. The van der Waals surface area contributed by atoms with Crippen LogP contribution in [0.4, 0.5) is 5.82 Å². The Morgan fingerprint density at radius 2 is 1.78 bits per heavy atom. The first-order valence-corrected chi connectivity index (χ1v) is 10.9. The summed E-state index contributed by atoms with van der Waals surface area (Å²) in [5.74, 6) is 3.45. The van der Waals surface area contributed by atoms with Crippen LogP contribution < -0.4 is 10.6 Å². The third kappa shape index (κ3) is 3.83. The van der Waals surface area contributed by atoms with Crippen LogP contribution in [0.3, 0.4) is 0 Å². The summed E-state index contributed by atoms with van der Waals surface area (Å²) >= 11 is 0. The molecule has 0 atom stereocenters. The number of amides is 1. The number of carbonyl (C=O) groups excluding carboxylic acids is 1. The minimum Gasteiger partial charge on any atom is -0.369 e. The average molecular weight is 371 g/mol. The highest BCUT2D eigenvalue weighted by atomic mass is 16.2. The van der Waals surface area contributed by atoms with Crippen molar-refractivity contribution in [2.45, 2.75) is 83.6 Å². The van der Waals surface area contributed by atoms with E-state index in [1.165, 1.54) is 19.3 Å². The van der Waals surface area contributed by atoms with Crippen molar-refractivity contribution in [3.8, 4) is 0 Å². The SMILES string of the molecule is CCCCNc1cc(C(C)C)c(C(=O)NC23CC4CC(CC(C4)C2)C3)nn1. The second-order valence-corrected chi connectivity index (χ2v) is 9.62. The molecule has 27 heavy (non-hydrogen) atoms. The molecule has 1 aromatic heterocycles. The molecule has 1 heterocycles. The second kappa shape index (κ2) is 7.40. The van der Waals surface area contributed by atoms with Crippen LogP contribution in [0.5, 0.6) is 0 Å². The summed E-state index contributed by atoms with van der Waals surface area (Å²) in [5, 5.41) is 15.4. The first-order chi connectivity index (χ1) is 13.0. The largest absolute Gasteiger partial charge is 0.369 e. The van der Waals surface area contributed by atoms with Crippen molar-refractivity contribution in [2.24, 2.45) is 17.8 Å². The molecule has 4 aliphatic rings. The van der Waals surface area contributed by atoms with Crippen molar-refractivity contribution >= 4 is 11.7 Å². The fourth-order valence-electron chi connectivity index (χ4n) is 6.07. The van der Waals surface area contributed by atoms with Gasteiger partial charge in [0, 0.05) is 12.1 Å². The first kappa shape index (κ1) is 18.7. The highest BCUT2D eigenvalue weighted by Gasteiger charge is 2.51. The van der Waals surface area contributed by atoms with E-state index >= 15 is 0 Å². The van der Waals surface area contributed by atoms with Crippen molar-refractivity contribution in [3.63, 3.8) is 0 Å². The van der Waals surface area contributed by atoms with Crippen LogP contribution in [0.2, 0.25) is 0 Å². The maximum absolute atomic E-state index is 13.2. The fraction of sp³-hybridized carbons (Fsp3) is 0.773. The van der Waals surface area contributed by atoms with Gasteiger partial charge < -0.3 is 10.6 Å². The summed E-state index contributed by atoms with van der Waals surface area (Å²) in [6.45, 7) is 7.30. The molecule has 1 aromatic rings. The lowest BCUT2D eigenvalue weighted by molar-refractivity contribution is -0.0168. The minimum absolute atomic E-state index is 0.0137. The quantitative estimate of drug-likeness (QED) is 0.693. The molecule has 0 radical (unpaired) electrons. The van der Waals surface area contributed by atoms with Gasteiger partial charge in [-0.15, -0.1) is 10.2 Å². The minimum atomic E-state index is -0.0201. The van der Waals surface area contributed by atoms with Crippen molar-refractivity contribution in [3.05, 3.63) is 17.3 Å². The number of rotatable bonds is 7. The van der Waals surface area contributed by atoms with Gasteiger partial charge in [0.2, 0.25) is 0 Å². The number of nitrogens with one attached hydrogen (secondary N) is 2. The number of nitrogens with zero attached hydrogens (tertiary/aromatic N) is 2. The molecule has 4 saturated carbocycles. The smallest absolute Gasteiger partial charge is 0.272 e. The molecule has 0 saturated heterocycles. The molecule has 0 spiro atoms. The summed E-state index contributed by atoms with van der Waals surface area (Å²) in [5.41, 5.74) is 1.52. The summed E-state index contributed by atoms with van der Waals surface area (Å²) in [4.78, 5) is 13.2. The Labute approximate surface area is 163 Å². The number of anilines is 1. The Morgan fingerprint density at radius 3 is 2.33 bits per heavy atom. The lowest BCUT2D eigenvalue weighted by Gasteiger charge is -2.56. The number of carbonyl (C=O) groups is 1. The van der Waals surface area contributed by atoms with Gasteiger partial charge in [-0.25, -0.2) is 0 Å². The van der Waals surface area contributed by atoms with Crippen molar-refractivity contribution < 1.29 is 4.79 Å². The molecule has 0 aliphatic heterocycles. The fourth-order valence-corrected chi connectivity index (χ4v) is 6.07. The van der Waals surface area contributed by atoms with Gasteiger partial charge in [-0.2, -0.15) is 0 Å². The zero-order chi connectivity index (χ0) is 19.0. The van der Waals surface area contributed by atoms with Gasteiger partial charge in [0.25, 0.3) is 5.91 Å². The number of hydrogen-bond acceptors (Lipinski definition) is 4. The van der Waals surface area contributed by atoms with Crippen LogP contribution in [0, 0.1) is 17.8 Å². The van der Waals surface area contributed by atoms with Gasteiger partial charge in [-0.05, 0) is 80.2 Å². The Balaban J connectivity index is 1.51. The monoisotopic (exact) mass is 370 g/mol. The molecule has 148 valence electrons. The summed E-state index contributed by atoms with van der Waals surface area (Å²) in [6.07, 6.45) is 9.86. The number of hydrogen-bond donors (Lipinski definition) is 2. The molecule has 4 bridgehead atoms. The van der Waals surface area contributed by atoms with Crippen LogP contribution >= 0.6 is 0 Å². The van der Waals surface area contributed by atoms with E-state index in [1.54, 1.807) is 0 Å². The van der Waals surface area contributed by atoms with E-state index in [-0.39, 0.29) is 17.4 Å². The maximum Gasteiger partial charge on any atom is 0.272 e. The van der Waals surface area contributed by atoms with Crippen LogP contribution in [0.15, 0.2) is 6.07 Å². The number of aromatic nitrogens is 2. The van der Waals surface area contributed by atoms with E-state index in [2.05, 4.69) is 41.6 Å². The lowest BCUT2D eigenvalue weighted by Crippen LogP contribution is -2.60. The lowest BCUT2D eigenvalue weighted by atomic mass is 9.53. The molecule has 4 aliphatic carbocycles. The summed E-state index contributed by atoms with van der Waals surface area (Å²) in [7, 11) is 0. The predicted molar refractivity (Wildman–Crippen MR) is 108 cm³/mol. The summed E-state index contributed by atoms with van der Waals surface area (Å²) < 4.78 is 0. The Hall–Kier alpha value is -1.65. The van der Waals surface area contributed by atoms with Crippen molar-refractivity contribution in [1.29, 1.82) is 0 Å². The molecule has 2 N–H and O–H groups in total. The zero-order valence-corrected chi connectivity index (χ0v) is 17.1. The molecule has 0 unspecified atom stereocenters. The summed E-state index contributed by atoms with van der Waals surface area (Å²) in [6, 6.07) is 2.02. The van der Waals surface area contributed by atoms with Gasteiger partial charge in [-0.1, -0.05) is 27.2 Å². The first-order valence-electron chi connectivity index (χ1n) is 10.9. The van der Waals surface area contributed by atoms with Crippen LogP contribution in [-0.4, -0.2) is 28.2 Å². The van der Waals surface area contributed by atoms with E-state index in [0.29, 0.717) is 5.69 Å². The molecule has 5 heteroatoms. The van der Waals surface area contributed by atoms with E-state index in [1.807, 2.05) is 6.07 Å². The topological polar surface area (TPSA) is 66.9 Å². The standard InChI is InChI=1S/C22H34N4O/c1-4-5-6-23-19-10-18(14(2)3)20(26-25-19)21(27)24-22-11-15-7-16(12-22)9-17(8-15)13-22/h10,14-17H,4-9,11-13H2,1-3H3,(H,23,25)(H,24,27). The third-order valence-electron chi connectivity index (χ3n) is 6.91. The Morgan fingerprint density at radius 1 is 1.15 bits per heavy atom. The normalized spacial score (nSPS) is 31.3. The van der Waals surface area contributed by atoms with Gasteiger partial charge in [0.15, 0.2) is 5.69 Å². The average Bonchev–Trinajstić information content (AvgIpc) is 2.60. The van der Waals surface area contributed by atoms with E-state index in [9.17, 15) is 4.79 Å². The van der Waals surface area contributed by atoms with Gasteiger partial charge >= 0.3 is 0 Å². The van der Waals surface area contributed by atoms with Crippen LogP contribution in [0.1, 0.15) is 94.1 Å². The molecule has 5 nitrogen and oxygen atoms in total. The van der Waals surface area contributed by atoms with Gasteiger partial charge in [0.05, 0.1) is 0 Å². The molecule has 1 amide bonds. The van der Waals surface area contributed by atoms with E-state index in [0.717, 1.165) is 67.8 Å². The molecular weight excluding hydrogens is 336 g/mol. The molecule has 5 rings (SSSR count). The Bertz CT molecular complexity index is 664. The van der Waals surface area contributed by atoms with Crippen LogP contribution in [0.25, 0.3) is 0 Å². The molecular formula is C22H34N4O. The predicted octanol–water partition coefficient (Wildman–Crippen LogP) is 4.51. The zero-order valence-electron chi connectivity index (χ0n) is 17.1. The third-order valence-corrected chi connectivity index (χ3v) is 6.91. The Kier molecular flexibility index (Phi) is 5.13. The maximum atomic E-state index is 13.2. The molecule has 4 fully saturated rings. The van der Waals surface area contributed by atoms with Crippen LogP contribution in [-0.2, 0) is 0 Å². The van der Waals surface area contributed by atoms with Gasteiger partial charge in [0.1, 0.15) is 5.82 Å². The van der Waals surface area contributed by atoms with E-state index in [4.69, 9.17) is 0 Å². The second-order valence-electron chi connectivity index (χ2n) is 9.62. The van der Waals surface area contributed by atoms with Gasteiger partial charge in [-0.3, -0.25) is 4.79 Å². The highest BCUT2D eigenvalue weighted by Crippen LogP contribution is 2.55. The number of unbranched alkanes of at least 4 members (excludes halogenated alkanes) is 1. The van der Waals surface area contributed by atoms with E-state index < -0.39 is 0 Å².